The van der Waals surface area contributed by atoms with Crippen molar-refractivity contribution < 1.29 is 9.18 Å². The smallest absolute Gasteiger partial charge is 0.252 e. The zero-order valence-corrected chi connectivity index (χ0v) is 11.6. The molecule has 7 heteroatoms. The second-order valence-corrected chi connectivity index (χ2v) is 4.79. The molecule has 0 unspecified atom stereocenters. The topological polar surface area (TPSA) is 41.1 Å². The van der Waals surface area contributed by atoms with Crippen LogP contribution in [0, 0.1) is 11.7 Å². The number of benzene rings is 1. The van der Waals surface area contributed by atoms with Gasteiger partial charge in [-0.15, -0.1) is 12.4 Å². The molecule has 1 aliphatic rings. The van der Waals surface area contributed by atoms with Crippen molar-refractivity contribution in [3.05, 3.63) is 33.6 Å². The summed E-state index contributed by atoms with van der Waals surface area (Å²) >= 11 is 11.4. The molecule has 1 fully saturated rings. The van der Waals surface area contributed by atoms with E-state index in [4.69, 9.17) is 23.2 Å². The van der Waals surface area contributed by atoms with Crippen molar-refractivity contribution in [2.75, 3.05) is 19.6 Å². The molecule has 1 heterocycles. The number of rotatable bonds is 3. The van der Waals surface area contributed by atoms with Crippen LogP contribution >= 0.6 is 35.6 Å². The van der Waals surface area contributed by atoms with Crippen LogP contribution in [0.3, 0.4) is 0 Å². The van der Waals surface area contributed by atoms with Crippen LogP contribution in [0.1, 0.15) is 10.4 Å². The first-order valence-electron chi connectivity index (χ1n) is 5.21. The molecule has 0 atom stereocenters. The van der Waals surface area contributed by atoms with Gasteiger partial charge in [0.05, 0.1) is 15.6 Å². The van der Waals surface area contributed by atoms with Gasteiger partial charge < -0.3 is 10.6 Å². The minimum Gasteiger partial charge on any atom is -0.352 e. The van der Waals surface area contributed by atoms with E-state index in [-0.39, 0.29) is 33.9 Å². The summed E-state index contributed by atoms with van der Waals surface area (Å²) in [6.45, 7) is 2.35. The molecule has 0 aromatic heterocycles. The summed E-state index contributed by atoms with van der Waals surface area (Å²) in [7, 11) is 0. The Labute approximate surface area is 120 Å². The molecule has 0 bridgehead atoms. The van der Waals surface area contributed by atoms with Crippen LogP contribution in [-0.2, 0) is 0 Å². The van der Waals surface area contributed by atoms with Gasteiger partial charge in [0, 0.05) is 25.6 Å². The molecule has 1 aromatic rings. The predicted octanol–water partition coefficient (Wildman–Crippen LogP) is 2.50. The highest BCUT2D eigenvalue weighted by molar-refractivity contribution is 6.36. The van der Waals surface area contributed by atoms with Crippen LogP contribution in [0.25, 0.3) is 0 Å². The van der Waals surface area contributed by atoms with Crippen LogP contribution in [0.4, 0.5) is 4.39 Å². The van der Waals surface area contributed by atoms with Crippen molar-refractivity contribution in [1.29, 1.82) is 0 Å². The molecule has 1 amide bonds. The van der Waals surface area contributed by atoms with E-state index in [1.165, 1.54) is 6.07 Å². The molecular formula is C11H12Cl3FN2O. The minimum atomic E-state index is -0.647. The molecule has 1 aromatic carbocycles. The molecule has 1 aliphatic heterocycles. The Morgan fingerprint density at radius 2 is 2.06 bits per heavy atom. The van der Waals surface area contributed by atoms with E-state index in [1.807, 2.05) is 0 Å². The summed E-state index contributed by atoms with van der Waals surface area (Å²) in [5.74, 6) is -0.584. The maximum atomic E-state index is 13.2. The fourth-order valence-corrected chi connectivity index (χ4v) is 1.99. The van der Waals surface area contributed by atoms with Crippen molar-refractivity contribution in [3.8, 4) is 0 Å². The second kappa shape index (κ2) is 6.57. The highest BCUT2D eigenvalue weighted by Gasteiger charge is 2.19. The van der Waals surface area contributed by atoms with E-state index in [9.17, 15) is 9.18 Å². The van der Waals surface area contributed by atoms with Crippen molar-refractivity contribution in [2.45, 2.75) is 0 Å². The van der Waals surface area contributed by atoms with E-state index in [0.29, 0.717) is 12.5 Å². The van der Waals surface area contributed by atoms with Crippen molar-refractivity contribution in [2.24, 2.45) is 5.92 Å². The quantitative estimate of drug-likeness (QED) is 0.842. The maximum Gasteiger partial charge on any atom is 0.252 e. The van der Waals surface area contributed by atoms with Crippen molar-refractivity contribution in [3.63, 3.8) is 0 Å². The van der Waals surface area contributed by atoms with E-state index in [0.717, 1.165) is 19.2 Å². The molecule has 2 N–H and O–H groups in total. The fourth-order valence-electron chi connectivity index (χ4n) is 1.52. The van der Waals surface area contributed by atoms with Gasteiger partial charge in [-0.2, -0.15) is 0 Å². The highest BCUT2D eigenvalue weighted by atomic mass is 35.5. The zero-order valence-electron chi connectivity index (χ0n) is 9.30. The molecule has 2 rings (SSSR count). The maximum absolute atomic E-state index is 13.2. The van der Waals surface area contributed by atoms with Gasteiger partial charge in [-0.05, 0) is 12.1 Å². The first-order chi connectivity index (χ1) is 8.08. The first-order valence-corrected chi connectivity index (χ1v) is 5.97. The molecule has 0 spiro atoms. The van der Waals surface area contributed by atoms with Gasteiger partial charge in [-0.3, -0.25) is 4.79 Å². The van der Waals surface area contributed by atoms with Gasteiger partial charge in [0.1, 0.15) is 5.82 Å². The number of hydrogen-bond donors (Lipinski definition) is 2. The SMILES string of the molecule is Cl.O=C(NCC1CNC1)c1cc(F)c(Cl)cc1Cl. The number of carbonyl (C=O) groups excluding carboxylic acids is 1. The van der Waals surface area contributed by atoms with E-state index in [1.54, 1.807) is 0 Å². The Morgan fingerprint density at radius 3 is 2.61 bits per heavy atom. The van der Waals surface area contributed by atoms with Crippen LogP contribution in [0.15, 0.2) is 12.1 Å². The highest BCUT2D eigenvalue weighted by Crippen LogP contribution is 2.24. The molecule has 0 aliphatic carbocycles. The molecule has 0 saturated carbocycles. The Balaban J connectivity index is 0.00000162. The molecule has 100 valence electrons. The third-order valence-corrected chi connectivity index (χ3v) is 3.27. The Kier molecular flexibility index (Phi) is 5.66. The second-order valence-electron chi connectivity index (χ2n) is 3.98. The lowest BCUT2D eigenvalue weighted by atomic mass is 10.0. The third-order valence-electron chi connectivity index (χ3n) is 2.67. The molecule has 0 radical (unpaired) electrons. The van der Waals surface area contributed by atoms with Crippen molar-refractivity contribution >= 4 is 41.5 Å². The van der Waals surface area contributed by atoms with E-state index >= 15 is 0 Å². The molecule has 18 heavy (non-hydrogen) atoms. The van der Waals surface area contributed by atoms with Crippen LogP contribution in [-0.4, -0.2) is 25.5 Å². The molecule has 3 nitrogen and oxygen atoms in total. The average molecular weight is 314 g/mol. The van der Waals surface area contributed by atoms with Gasteiger partial charge in [0.25, 0.3) is 5.91 Å². The number of nitrogens with one attached hydrogen (secondary N) is 2. The normalized spacial score (nSPS) is 14.6. The summed E-state index contributed by atoms with van der Waals surface area (Å²) in [6.07, 6.45) is 0. The van der Waals surface area contributed by atoms with E-state index in [2.05, 4.69) is 10.6 Å². The van der Waals surface area contributed by atoms with Gasteiger partial charge in [-0.1, -0.05) is 23.2 Å². The summed E-state index contributed by atoms with van der Waals surface area (Å²) in [5.41, 5.74) is 0.112. The minimum absolute atomic E-state index is 0. The van der Waals surface area contributed by atoms with Crippen molar-refractivity contribution in [1.82, 2.24) is 10.6 Å². The predicted molar refractivity (Wildman–Crippen MR) is 72.4 cm³/mol. The lowest BCUT2D eigenvalue weighted by molar-refractivity contribution is 0.0942. The van der Waals surface area contributed by atoms with Gasteiger partial charge in [-0.25, -0.2) is 4.39 Å². The van der Waals surface area contributed by atoms with Gasteiger partial charge >= 0.3 is 0 Å². The van der Waals surface area contributed by atoms with Crippen LogP contribution < -0.4 is 10.6 Å². The zero-order chi connectivity index (χ0) is 12.4. The Morgan fingerprint density at radius 1 is 1.39 bits per heavy atom. The van der Waals surface area contributed by atoms with Crippen LogP contribution in [0.2, 0.25) is 10.0 Å². The van der Waals surface area contributed by atoms with Gasteiger partial charge in [0.15, 0.2) is 0 Å². The Hall–Kier alpha value is -0.550. The lowest BCUT2D eigenvalue weighted by Crippen LogP contribution is -2.48. The third kappa shape index (κ3) is 3.48. The number of carbonyl (C=O) groups is 1. The number of amides is 1. The van der Waals surface area contributed by atoms with Gasteiger partial charge in [0.2, 0.25) is 0 Å². The summed E-state index contributed by atoms with van der Waals surface area (Å²) < 4.78 is 13.2. The van der Waals surface area contributed by atoms with Crippen LogP contribution in [0.5, 0.6) is 0 Å². The largest absolute Gasteiger partial charge is 0.352 e. The summed E-state index contributed by atoms with van der Waals surface area (Å²) in [5, 5.41) is 5.88. The summed E-state index contributed by atoms with van der Waals surface area (Å²) in [6, 6.07) is 2.29. The van der Waals surface area contributed by atoms with E-state index < -0.39 is 5.82 Å². The number of halogens is 4. The fraction of sp³-hybridized carbons (Fsp3) is 0.364. The molecule has 1 saturated heterocycles. The summed E-state index contributed by atoms with van der Waals surface area (Å²) in [4.78, 5) is 11.7. The monoisotopic (exact) mass is 312 g/mol. The first kappa shape index (κ1) is 15.5. The average Bonchev–Trinajstić information content (AvgIpc) is 2.21. The molecular weight excluding hydrogens is 301 g/mol. The lowest BCUT2D eigenvalue weighted by Gasteiger charge is -2.27. The standard InChI is InChI=1S/C11H11Cl2FN2O.ClH/c12-8-2-9(13)10(14)1-7(8)11(17)16-5-6-3-15-4-6;/h1-2,6,15H,3-5H2,(H,16,17);1H. The number of hydrogen-bond acceptors (Lipinski definition) is 2. The Bertz CT molecular complexity index is 452.